The van der Waals surface area contributed by atoms with E-state index in [0.717, 1.165) is 24.6 Å². The summed E-state index contributed by atoms with van der Waals surface area (Å²) in [7, 11) is -1.95. The van der Waals surface area contributed by atoms with Gasteiger partial charge in [0.2, 0.25) is 0 Å². The van der Waals surface area contributed by atoms with E-state index in [9.17, 15) is 4.57 Å². The molecular weight excluding hydrogens is 203 g/mol. The summed E-state index contributed by atoms with van der Waals surface area (Å²) >= 11 is 0. The molecule has 6 heteroatoms. The predicted molar refractivity (Wildman–Crippen MR) is 55.5 cm³/mol. The fraction of sp³-hybridized carbons (Fsp3) is 0.625. The topological polar surface area (TPSA) is 75.2 Å². The number of nitrogens with one attached hydrogen (secondary N) is 1. The van der Waals surface area contributed by atoms with Crippen LogP contribution in [0.5, 0.6) is 0 Å². The van der Waals surface area contributed by atoms with Crippen LogP contribution in [0.1, 0.15) is 18.4 Å². The molecule has 1 aromatic rings. The van der Waals surface area contributed by atoms with Crippen molar-refractivity contribution in [1.29, 1.82) is 0 Å². The van der Waals surface area contributed by atoms with Gasteiger partial charge in [-0.2, -0.15) is 0 Å². The quantitative estimate of drug-likeness (QED) is 0.744. The van der Waals surface area contributed by atoms with Crippen LogP contribution >= 0.6 is 7.60 Å². The lowest BCUT2D eigenvalue weighted by Gasteiger charge is -1.96. The maximum atomic E-state index is 9.92. The van der Waals surface area contributed by atoms with Crippen LogP contribution in [0.25, 0.3) is 0 Å². The first-order chi connectivity index (χ1) is 6.39. The van der Waals surface area contributed by atoms with Gasteiger partial charge in [-0.3, -0.25) is 4.57 Å². The highest BCUT2D eigenvalue weighted by Crippen LogP contribution is 2.34. The highest BCUT2D eigenvalue weighted by Gasteiger charge is 2.02. The minimum atomic E-state index is -3.15. The maximum Gasteiger partial charge on any atom is 0.324 e. The Balaban J connectivity index is 0.000000255. The van der Waals surface area contributed by atoms with Crippen molar-refractivity contribution in [3.63, 3.8) is 0 Å². The molecule has 0 radical (unpaired) electrons. The number of hydrogen-bond acceptors (Lipinski definition) is 3. The van der Waals surface area contributed by atoms with E-state index in [1.54, 1.807) is 0 Å². The fourth-order valence-corrected chi connectivity index (χ4v) is 0.649. The van der Waals surface area contributed by atoms with Crippen LogP contribution in [0.3, 0.4) is 0 Å². The first-order valence-electron chi connectivity index (χ1n) is 4.26. The molecule has 0 saturated heterocycles. The third kappa shape index (κ3) is 6.83. The van der Waals surface area contributed by atoms with Crippen LogP contribution in [-0.2, 0) is 15.5 Å². The summed E-state index contributed by atoms with van der Waals surface area (Å²) in [6, 6.07) is 0. The number of aryl methyl sites for hydroxylation is 2. The second-order valence-corrected chi connectivity index (χ2v) is 4.79. The van der Waals surface area contributed by atoms with E-state index in [2.05, 4.69) is 21.4 Å². The lowest BCUT2D eigenvalue weighted by molar-refractivity contribution is 0.322. The third-order valence-electron chi connectivity index (χ3n) is 1.46. The van der Waals surface area contributed by atoms with Gasteiger partial charge in [0.15, 0.2) is 0 Å². The van der Waals surface area contributed by atoms with Gasteiger partial charge >= 0.3 is 7.60 Å². The van der Waals surface area contributed by atoms with E-state index in [1.165, 1.54) is 7.11 Å². The smallest absolute Gasteiger partial charge is 0.324 e. The highest BCUT2D eigenvalue weighted by molar-refractivity contribution is 7.51. The van der Waals surface area contributed by atoms with Crippen molar-refractivity contribution in [3.05, 3.63) is 17.7 Å². The first-order valence-corrected chi connectivity index (χ1v) is 6.28. The summed E-state index contributed by atoms with van der Waals surface area (Å²) in [4.78, 5) is 15.3. The molecule has 1 aromatic heterocycles. The number of imidazole rings is 1. The Morgan fingerprint density at radius 2 is 2.21 bits per heavy atom. The van der Waals surface area contributed by atoms with Gasteiger partial charge in [-0.05, 0) is 13.3 Å². The molecule has 1 unspecified atom stereocenters. The van der Waals surface area contributed by atoms with Gasteiger partial charge in [-0.15, -0.1) is 0 Å². The fourth-order valence-electron chi connectivity index (χ4n) is 0.649. The Hall–Kier alpha value is -0.640. The molecule has 82 valence electrons. The number of H-pyrrole nitrogens is 1. The van der Waals surface area contributed by atoms with Crippen LogP contribution in [0.2, 0.25) is 0 Å². The van der Waals surface area contributed by atoms with Crippen LogP contribution in [0.4, 0.5) is 0 Å². The normalized spacial score (nSPS) is 14.1. The highest BCUT2D eigenvalue weighted by atomic mass is 31.2. The summed E-state index contributed by atoms with van der Waals surface area (Å²) in [5, 5.41) is 0. The Kier molecular flexibility index (Phi) is 5.69. The van der Waals surface area contributed by atoms with Gasteiger partial charge in [-0.1, -0.05) is 6.92 Å². The van der Waals surface area contributed by atoms with Gasteiger partial charge in [0.1, 0.15) is 5.82 Å². The van der Waals surface area contributed by atoms with Crippen LogP contribution < -0.4 is 0 Å². The van der Waals surface area contributed by atoms with E-state index >= 15 is 0 Å². The van der Waals surface area contributed by atoms with Crippen molar-refractivity contribution >= 4 is 7.60 Å². The number of rotatable bonds is 2. The largest absolute Gasteiger partial charge is 0.349 e. The van der Waals surface area contributed by atoms with Crippen molar-refractivity contribution in [2.45, 2.75) is 20.3 Å². The van der Waals surface area contributed by atoms with Crippen molar-refractivity contribution in [2.24, 2.45) is 0 Å². The molecule has 0 fully saturated rings. The first kappa shape index (κ1) is 13.4. The average Bonchev–Trinajstić information content (AvgIpc) is 2.51. The van der Waals surface area contributed by atoms with Crippen LogP contribution in [0.15, 0.2) is 6.20 Å². The van der Waals surface area contributed by atoms with E-state index in [1.807, 2.05) is 13.1 Å². The molecule has 0 aromatic carbocycles. The second kappa shape index (κ2) is 5.96. The molecule has 14 heavy (non-hydrogen) atoms. The summed E-state index contributed by atoms with van der Waals surface area (Å²) < 4.78 is 14.0. The second-order valence-electron chi connectivity index (χ2n) is 2.82. The number of aromatic nitrogens is 2. The molecular formula is C8H17N2O3P. The standard InChI is InChI=1S/C6H10N2.C2H7O3P/c1-3-6-4-7-5(2)8-6;1-5-6(2,3)4/h4H,3H2,1-2H3,(H,7,8);1-2H3,(H,3,4). The van der Waals surface area contributed by atoms with E-state index in [-0.39, 0.29) is 0 Å². The summed E-state index contributed by atoms with van der Waals surface area (Å²) in [6.07, 6.45) is 2.96. The molecule has 2 N–H and O–H groups in total. The molecule has 0 amide bonds. The Bertz CT molecular complexity index is 305. The van der Waals surface area contributed by atoms with Crippen LogP contribution in [0, 0.1) is 6.92 Å². The number of aromatic amines is 1. The van der Waals surface area contributed by atoms with Gasteiger partial charge in [0.25, 0.3) is 0 Å². The van der Waals surface area contributed by atoms with Gasteiger partial charge in [0, 0.05) is 20.0 Å². The SMILES string of the molecule is CCc1c[nH]c(C)n1.COP(C)(=O)O. The van der Waals surface area contributed by atoms with E-state index in [4.69, 9.17) is 4.89 Å². The molecule has 0 aliphatic rings. The van der Waals surface area contributed by atoms with Crippen molar-refractivity contribution < 1.29 is 14.0 Å². The zero-order valence-electron chi connectivity index (χ0n) is 8.94. The molecule has 1 heterocycles. The zero-order chi connectivity index (χ0) is 11.2. The third-order valence-corrected chi connectivity index (χ3v) is 2.14. The lowest BCUT2D eigenvalue weighted by atomic mass is 10.4. The number of nitrogens with zero attached hydrogens (tertiary/aromatic N) is 1. The molecule has 0 saturated carbocycles. The molecule has 1 atom stereocenters. The summed E-state index contributed by atoms with van der Waals surface area (Å²) in [5.41, 5.74) is 1.14. The van der Waals surface area contributed by atoms with Crippen molar-refractivity contribution in [1.82, 2.24) is 9.97 Å². The molecule has 0 spiro atoms. The Labute approximate surface area is 84.1 Å². The Morgan fingerprint density at radius 3 is 2.36 bits per heavy atom. The summed E-state index contributed by atoms with van der Waals surface area (Å²) in [5.74, 6) is 1.00. The number of hydrogen-bond donors (Lipinski definition) is 2. The monoisotopic (exact) mass is 220 g/mol. The zero-order valence-corrected chi connectivity index (χ0v) is 9.84. The molecule has 0 aliphatic heterocycles. The van der Waals surface area contributed by atoms with Gasteiger partial charge in [0.05, 0.1) is 5.69 Å². The molecule has 0 bridgehead atoms. The molecule has 0 aliphatic carbocycles. The summed E-state index contributed by atoms with van der Waals surface area (Å²) in [6.45, 7) is 5.18. The molecule has 1 rings (SSSR count). The van der Waals surface area contributed by atoms with Crippen molar-refractivity contribution in [3.8, 4) is 0 Å². The van der Waals surface area contributed by atoms with Gasteiger partial charge in [-0.25, -0.2) is 4.98 Å². The lowest BCUT2D eigenvalue weighted by Crippen LogP contribution is -1.76. The van der Waals surface area contributed by atoms with Crippen LogP contribution in [-0.4, -0.2) is 28.6 Å². The van der Waals surface area contributed by atoms with Crippen molar-refractivity contribution in [2.75, 3.05) is 13.8 Å². The Morgan fingerprint density at radius 1 is 1.71 bits per heavy atom. The average molecular weight is 220 g/mol. The van der Waals surface area contributed by atoms with E-state index in [0.29, 0.717) is 0 Å². The maximum absolute atomic E-state index is 9.92. The minimum Gasteiger partial charge on any atom is -0.349 e. The predicted octanol–water partition coefficient (Wildman–Crippen LogP) is 1.73. The molecule has 5 nitrogen and oxygen atoms in total. The van der Waals surface area contributed by atoms with E-state index < -0.39 is 7.60 Å². The minimum absolute atomic E-state index is 1.00. The van der Waals surface area contributed by atoms with Gasteiger partial charge < -0.3 is 14.4 Å².